The number of carbonyl (C=O) groups excluding carboxylic acids is 1. The Hall–Kier alpha value is -0.880. The molecule has 0 heterocycles. The first-order valence-corrected chi connectivity index (χ1v) is 8.18. The molecule has 4 nitrogen and oxygen atoms in total. The summed E-state index contributed by atoms with van der Waals surface area (Å²) in [5.74, 6) is 0.843. The number of aldehydes is 1. The van der Waals surface area contributed by atoms with Crippen LogP contribution in [0.15, 0.2) is 22.7 Å². The normalized spacial score (nSPS) is 11.2. The summed E-state index contributed by atoms with van der Waals surface area (Å²) in [4.78, 5) is 10.7. The first-order valence-electron chi connectivity index (χ1n) is 5.56. The molecule has 18 heavy (non-hydrogen) atoms. The van der Waals surface area contributed by atoms with Gasteiger partial charge >= 0.3 is 0 Å². The third-order valence-electron chi connectivity index (χ3n) is 2.40. The van der Waals surface area contributed by atoms with Crippen LogP contribution < -0.4 is 4.74 Å². The molecule has 1 rings (SSSR count). The number of rotatable bonds is 7. The molecule has 0 bridgehead atoms. The fourth-order valence-corrected chi connectivity index (χ4v) is 2.50. The Morgan fingerprint density at radius 3 is 2.72 bits per heavy atom. The average Bonchev–Trinajstić information content (AvgIpc) is 2.36. The summed E-state index contributed by atoms with van der Waals surface area (Å²) < 4.78 is 28.6. The van der Waals surface area contributed by atoms with E-state index in [1.165, 1.54) is 0 Å². The van der Waals surface area contributed by atoms with Crippen LogP contribution in [0.25, 0.3) is 0 Å². The Morgan fingerprint density at radius 1 is 1.39 bits per heavy atom. The van der Waals surface area contributed by atoms with E-state index < -0.39 is 9.84 Å². The number of ether oxygens (including phenoxy) is 1. The zero-order chi connectivity index (χ0) is 13.6. The van der Waals surface area contributed by atoms with Crippen LogP contribution in [-0.2, 0) is 9.84 Å². The third-order valence-corrected chi connectivity index (χ3v) is 4.92. The minimum Gasteiger partial charge on any atom is -0.494 e. The maximum Gasteiger partial charge on any atom is 0.151 e. The maximum atomic E-state index is 11.2. The quantitative estimate of drug-likeness (QED) is 0.567. The van der Waals surface area contributed by atoms with E-state index in [-0.39, 0.29) is 11.5 Å². The molecule has 1 aromatic carbocycles. The molecule has 0 amide bonds. The number of hydrogen-bond acceptors (Lipinski definition) is 4. The minimum absolute atomic E-state index is 0.126. The lowest BCUT2D eigenvalue weighted by Crippen LogP contribution is -2.11. The molecule has 100 valence electrons. The molecule has 1 aromatic rings. The molecule has 0 atom stereocenters. The number of halogens is 1. The van der Waals surface area contributed by atoms with Crippen LogP contribution in [0.1, 0.15) is 23.7 Å². The van der Waals surface area contributed by atoms with Gasteiger partial charge in [0.05, 0.1) is 12.4 Å². The van der Waals surface area contributed by atoms with Gasteiger partial charge in [-0.05, 0) is 24.6 Å². The Morgan fingerprint density at radius 2 is 2.11 bits per heavy atom. The standard InChI is InChI=1S/C12H15BrO4S/c1-2-18(15,16)7-3-6-17-11-4-5-12(13)10(8-11)9-14/h4-5,8-9H,2-3,6-7H2,1H3. The van der Waals surface area contributed by atoms with Gasteiger partial charge in [-0.25, -0.2) is 8.42 Å². The fraction of sp³-hybridized carbons (Fsp3) is 0.417. The molecular weight excluding hydrogens is 320 g/mol. The van der Waals surface area contributed by atoms with Gasteiger partial charge in [-0.1, -0.05) is 22.9 Å². The van der Waals surface area contributed by atoms with Crippen molar-refractivity contribution in [3.05, 3.63) is 28.2 Å². The van der Waals surface area contributed by atoms with Crippen molar-refractivity contribution >= 4 is 32.1 Å². The molecule has 0 unspecified atom stereocenters. The summed E-state index contributed by atoms with van der Waals surface area (Å²) in [6, 6.07) is 5.07. The largest absolute Gasteiger partial charge is 0.494 e. The van der Waals surface area contributed by atoms with Gasteiger partial charge in [0.1, 0.15) is 15.6 Å². The van der Waals surface area contributed by atoms with Gasteiger partial charge in [-0.15, -0.1) is 0 Å². The van der Waals surface area contributed by atoms with Crippen LogP contribution in [0.5, 0.6) is 5.75 Å². The van der Waals surface area contributed by atoms with Gasteiger partial charge in [0.15, 0.2) is 6.29 Å². The van der Waals surface area contributed by atoms with Crippen molar-refractivity contribution in [1.82, 2.24) is 0 Å². The second-order valence-corrected chi connectivity index (χ2v) is 7.07. The Balaban J connectivity index is 2.47. The van der Waals surface area contributed by atoms with Crippen LogP contribution in [0.3, 0.4) is 0 Å². The van der Waals surface area contributed by atoms with Crippen molar-refractivity contribution in [3.8, 4) is 5.75 Å². The van der Waals surface area contributed by atoms with Crippen LogP contribution in [0.2, 0.25) is 0 Å². The summed E-state index contributed by atoms with van der Waals surface area (Å²) in [7, 11) is -2.94. The average molecular weight is 335 g/mol. The SMILES string of the molecule is CCS(=O)(=O)CCCOc1ccc(Br)c(C=O)c1. The van der Waals surface area contributed by atoms with Crippen LogP contribution in [0, 0.1) is 0 Å². The molecule has 0 aliphatic carbocycles. The second kappa shape index (κ2) is 6.89. The Labute approximate surface area is 115 Å². The summed E-state index contributed by atoms with van der Waals surface area (Å²) in [5.41, 5.74) is 0.508. The lowest BCUT2D eigenvalue weighted by molar-refractivity contribution is 0.112. The first kappa shape index (κ1) is 15.2. The maximum absolute atomic E-state index is 11.2. The second-order valence-electron chi connectivity index (χ2n) is 3.74. The van der Waals surface area contributed by atoms with Gasteiger partial charge in [0, 0.05) is 15.8 Å². The van der Waals surface area contributed by atoms with E-state index in [0.29, 0.717) is 28.8 Å². The Bertz CT molecular complexity index is 511. The van der Waals surface area contributed by atoms with Gasteiger partial charge < -0.3 is 4.74 Å². The van der Waals surface area contributed by atoms with E-state index in [1.807, 2.05) is 0 Å². The molecule has 0 saturated carbocycles. The highest BCUT2D eigenvalue weighted by Gasteiger charge is 2.07. The number of carbonyl (C=O) groups is 1. The van der Waals surface area contributed by atoms with Crippen LogP contribution in [-0.4, -0.2) is 32.8 Å². The lowest BCUT2D eigenvalue weighted by atomic mass is 10.2. The molecule has 0 spiro atoms. The van der Waals surface area contributed by atoms with E-state index >= 15 is 0 Å². The van der Waals surface area contributed by atoms with Crippen LogP contribution in [0.4, 0.5) is 0 Å². The summed E-state index contributed by atoms with van der Waals surface area (Å²) >= 11 is 3.24. The Kier molecular flexibility index (Phi) is 5.81. The van der Waals surface area contributed by atoms with Gasteiger partial charge in [0.2, 0.25) is 0 Å². The van der Waals surface area contributed by atoms with E-state index in [4.69, 9.17) is 4.74 Å². The highest BCUT2D eigenvalue weighted by Crippen LogP contribution is 2.21. The van der Waals surface area contributed by atoms with E-state index in [9.17, 15) is 13.2 Å². The monoisotopic (exact) mass is 334 g/mol. The predicted octanol–water partition coefficient (Wildman–Crippen LogP) is 2.47. The zero-order valence-electron chi connectivity index (χ0n) is 10.1. The van der Waals surface area contributed by atoms with Crippen molar-refractivity contribution in [2.75, 3.05) is 18.1 Å². The predicted molar refractivity (Wildman–Crippen MR) is 74.0 cm³/mol. The molecular formula is C12H15BrO4S. The van der Waals surface area contributed by atoms with Crippen LogP contribution >= 0.6 is 15.9 Å². The van der Waals surface area contributed by atoms with E-state index in [2.05, 4.69) is 15.9 Å². The van der Waals surface area contributed by atoms with Crippen molar-refractivity contribution in [1.29, 1.82) is 0 Å². The summed E-state index contributed by atoms with van der Waals surface area (Å²) in [6.45, 7) is 1.94. The van der Waals surface area contributed by atoms with Crippen molar-refractivity contribution in [2.45, 2.75) is 13.3 Å². The smallest absolute Gasteiger partial charge is 0.151 e. The lowest BCUT2D eigenvalue weighted by Gasteiger charge is -2.07. The number of benzene rings is 1. The highest BCUT2D eigenvalue weighted by atomic mass is 79.9. The molecule has 0 N–H and O–H groups in total. The third kappa shape index (κ3) is 4.78. The van der Waals surface area contributed by atoms with Crippen molar-refractivity contribution in [2.24, 2.45) is 0 Å². The molecule has 0 radical (unpaired) electrons. The highest BCUT2D eigenvalue weighted by molar-refractivity contribution is 9.10. The first-order chi connectivity index (χ1) is 8.48. The number of sulfone groups is 1. The molecule has 0 aliphatic heterocycles. The minimum atomic E-state index is -2.94. The number of hydrogen-bond donors (Lipinski definition) is 0. The van der Waals surface area contributed by atoms with E-state index in [0.717, 1.165) is 6.29 Å². The summed E-state index contributed by atoms with van der Waals surface area (Å²) in [6.07, 6.45) is 1.18. The van der Waals surface area contributed by atoms with E-state index in [1.54, 1.807) is 25.1 Å². The zero-order valence-corrected chi connectivity index (χ0v) is 12.5. The summed E-state index contributed by atoms with van der Waals surface area (Å²) in [5, 5.41) is 0. The molecule has 0 fully saturated rings. The topological polar surface area (TPSA) is 60.4 Å². The molecule has 0 aliphatic rings. The molecule has 0 saturated heterocycles. The molecule has 6 heteroatoms. The molecule has 0 aromatic heterocycles. The van der Waals surface area contributed by atoms with Gasteiger partial charge in [-0.2, -0.15) is 0 Å². The van der Waals surface area contributed by atoms with Crippen molar-refractivity contribution < 1.29 is 17.9 Å². The van der Waals surface area contributed by atoms with Gasteiger partial charge in [-0.3, -0.25) is 4.79 Å². The van der Waals surface area contributed by atoms with Crippen molar-refractivity contribution in [3.63, 3.8) is 0 Å². The fourth-order valence-electron chi connectivity index (χ4n) is 1.32. The van der Waals surface area contributed by atoms with Gasteiger partial charge in [0.25, 0.3) is 0 Å².